The Labute approximate surface area is 147 Å². The van der Waals surface area contributed by atoms with E-state index in [-0.39, 0.29) is 11.7 Å². The molecule has 2 aromatic carbocycles. The van der Waals surface area contributed by atoms with Crippen molar-refractivity contribution in [3.63, 3.8) is 0 Å². The van der Waals surface area contributed by atoms with Crippen LogP contribution in [0.4, 0.5) is 5.69 Å². The molecule has 1 aliphatic carbocycles. The van der Waals surface area contributed by atoms with Gasteiger partial charge in [0.2, 0.25) is 5.91 Å². The lowest BCUT2D eigenvalue weighted by atomic mass is 9.86. The molecule has 4 rings (SSSR count). The van der Waals surface area contributed by atoms with Gasteiger partial charge in [0.15, 0.2) is 5.78 Å². The van der Waals surface area contributed by atoms with Crippen LogP contribution in [0.5, 0.6) is 0 Å². The van der Waals surface area contributed by atoms with Gasteiger partial charge in [0, 0.05) is 28.8 Å². The molecule has 1 aliphatic rings. The number of benzene rings is 2. The molecule has 0 spiro atoms. The van der Waals surface area contributed by atoms with Crippen LogP contribution in [0, 0.1) is 0 Å². The molecule has 4 nitrogen and oxygen atoms in total. The van der Waals surface area contributed by atoms with E-state index in [9.17, 15) is 9.59 Å². The van der Waals surface area contributed by atoms with Crippen LogP contribution in [0.3, 0.4) is 0 Å². The van der Waals surface area contributed by atoms with Crippen LogP contribution in [0.1, 0.15) is 28.8 Å². The summed E-state index contributed by atoms with van der Waals surface area (Å²) < 4.78 is 5.53. The first-order chi connectivity index (χ1) is 11.7. The minimum absolute atomic E-state index is 0.0726. The number of rotatable bonds is 4. The Bertz CT molecular complexity index is 980. The minimum atomic E-state index is -0.140. The van der Waals surface area contributed by atoms with Crippen molar-refractivity contribution in [1.82, 2.24) is 4.37 Å². The molecule has 0 saturated carbocycles. The summed E-state index contributed by atoms with van der Waals surface area (Å²) in [4.78, 5) is 25.1. The van der Waals surface area contributed by atoms with Gasteiger partial charge in [-0.2, -0.15) is 4.37 Å². The Morgan fingerprint density at radius 2 is 1.96 bits per heavy atom. The molecule has 0 aliphatic heterocycles. The summed E-state index contributed by atoms with van der Waals surface area (Å²) >= 11 is 7.02. The molecular formula is C18H13ClN2O2S. The summed E-state index contributed by atoms with van der Waals surface area (Å²) in [5.74, 6) is 0.222. The first kappa shape index (κ1) is 15.3. The van der Waals surface area contributed by atoms with E-state index in [1.54, 1.807) is 6.07 Å². The molecule has 1 N–H and O–H groups in total. The standard InChI is InChI=1S/C18H13ClN2O2S/c19-9-3-8-14(22)20-12-6-1-4-10-15(12)18(23)11-5-2-7-13-16(11)17(10)21-24-13/h1-2,4-7H,3,8-9H2,(H,20,22). The molecule has 1 aromatic heterocycles. The van der Waals surface area contributed by atoms with Crippen molar-refractivity contribution in [2.75, 3.05) is 11.2 Å². The third-order valence-corrected chi connectivity index (χ3v) is 5.18. The van der Waals surface area contributed by atoms with Gasteiger partial charge in [-0.1, -0.05) is 24.3 Å². The molecule has 120 valence electrons. The second-order valence-corrected chi connectivity index (χ2v) is 6.79. The van der Waals surface area contributed by atoms with Crippen LogP contribution in [0.2, 0.25) is 0 Å². The third kappa shape index (κ3) is 2.32. The predicted octanol–water partition coefficient (Wildman–Crippen LogP) is 4.47. The fourth-order valence-electron chi connectivity index (χ4n) is 3.04. The number of nitrogens with one attached hydrogen (secondary N) is 1. The van der Waals surface area contributed by atoms with Crippen molar-refractivity contribution in [2.24, 2.45) is 0 Å². The average molecular weight is 357 g/mol. The van der Waals surface area contributed by atoms with Crippen LogP contribution in [-0.4, -0.2) is 21.9 Å². The van der Waals surface area contributed by atoms with Gasteiger partial charge in [0.05, 0.1) is 21.6 Å². The molecule has 1 amide bonds. The first-order valence-electron chi connectivity index (χ1n) is 7.63. The monoisotopic (exact) mass is 356 g/mol. The first-order valence-corrected chi connectivity index (χ1v) is 8.94. The highest BCUT2D eigenvalue weighted by Crippen LogP contribution is 2.42. The Balaban J connectivity index is 1.84. The van der Waals surface area contributed by atoms with E-state index in [0.717, 1.165) is 21.3 Å². The molecule has 0 radical (unpaired) electrons. The Morgan fingerprint density at radius 1 is 1.17 bits per heavy atom. The number of aromatic nitrogens is 1. The van der Waals surface area contributed by atoms with Gasteiger partial charge in [0.25, 0.3) is 0 Å². The number of halogens is 1. The molecule has 0 atom stereocenters. The number of hydrogen-bond donors (Lipinski definition) is 1. The number of nitrogens with zero attached hydrogens (tertiary/aromatic N) is 1. The number of alkyl halides is 1. The summed E-state index contributed by atoms with van der Waals surface area (Å²) in [6.45, 7) is 0. The topological polar surface area (TPSA) is 59.1 Å². The fourth-order valence-corrected chi connectivity index (χ4v) is 3.99. The summed E-state index contributed by atoms with van der Waals surface area (Å²) in [6.07, 6.45) is 0.935. The maximum atomic E-state index is 13.0. The molecular weight excluding hydrogens is 344 g/mol. The van der Waals surface area contributed by atoms with E-state index in [0.29, 0.717) is 35.5 Å². The van der Waals surface area contributed by atoms with E-state index in [1.807, 2.05) is 30.3 Å². The molecule has 1 heterocycles. The van der Waals surface area contributed by atoms with Gasteiger partial charge in [0.1, 0.15) is 0 Å². The second-order valence-electron chi connectivity index (χ2n) is 5.61. The lowest BCUT2D eigenvalue weighted by Gasteiger charge is -2.18. The van der Waals surface area contributed by atoms with E-state index < -0.39 is 0 Å². The number of hydrogen-bond acceptors (Lipinski definition) is 4. The highest BCUT2D eigenvalue weighted by atomic mass is 35.5. The minimum Gasteiger partial charge on any atom is -0.325 e. The number of fused-ring (bicyclic) bond motifs is 2. The van der Waals surface area contributed by atoms with E-state index >= 15 is 0 Å². The van der Waals surface area contributed by atoms with Crippen molar-refractivity contribution in [1.29, 1.82) is 0 Å². The number of amides is 1. The zero-order valence-electron chi connectivity index (χ0n) is 12.6. The van der Waals surface area contributed by atoms with Crippen LogP contribution in [0.15, 0.2) is 36.4 Å². The zero-order valence-corrected chi connectivity index (χ0v) is 14.2. The average Bonchev–Trinajstić information content (AvgIpc) is 3.03. The molecule has 0 saturated heterocycles. The number of ketones is 1. The van der Waals surface area contributed by atoms with E-state index in [2.05, 4.69) is 9.69 Å². The van der Waals surface area contributed by atoms with Crippen molar-refractivity contribution >= 4 is 50.6 Å². The maximum absolute atomic E-state index is 13.0. The molecule has 6 heteroatoms. The third-order valence-electron chi connectivity index (χ3n) is 4.10. The van der Waals surface area contributed by atoms with Crippen LogP contribution in [0.25, 0.3) is 21.3 Å². The quantitative estimate of drug-likeness (QED) is 0.549. The van der Waals surface area contributed by atoms with Gasteiger partial charge < -0.3 is 5.32 Å². The van der Waals surface area contributed by atoms with Crippen LogP contribution < -0.4 is 5.32 Å². The number of carbonyl (C=O) groups excluding carboxylic acids is 2. The number of anilines is 1. The van der Waals surface area contributed by atoms with Crippen LogP contribution in [-0.2, 0) is 4.79 Å². The van der Waals surface area contributed by atoms with Crippen molar-refractivity contribution < 1.29 is 9.59 Å². The normalized spacial score (nSPS) is 12.3. The summed E-state index contributed by atoms with van der Waals surface area (Å²) in [7, 11) is 0. The zero-order chi connectivity index (χ0) is 16.7. The van der Waals surface area contributed by atoms with Gasteiger partial charge in [-0.25, -0.2) is 0 Å². The molecule has 0 fully saturated rings. The SMILES string of the molecule is O=C(CCCCl)Nc1cccc2c1C(=O)c1cccc3snc-2c13. The van der Waals surface area contributed by atoms with Gasteiger partial charge in [-0.15, -0.1) is 11.6 Å². The lowest BCUT2D eigenvalue weighted by molar-refractivity contribution is -0.116. The van der Waals surface area contributed by atoms with Gasteiger partial charge in [-0.3, -0.25) is 9.59 Å². The van der Waals surface area contributed by atoms with Crippen molar-refractivity contribution in [2.45, 2.75) is 12.8 Å². The van der Waals surface area contributed by atoms with E-state index in [1.165, 1.54) is 11.5 Å². The van der Waals surface area contributed by atoms with Crippen LogP contribution >= 0.6 is 23.1 Å². The summed E-state index contributed by atoms with van der Waals surface area (Å²) in [5.41, 5.74) is 3.29. The summed E-state index contributed by atoms with van der Waals surface area (Å²) in [6, 6.07) is 11.1. The van der Waals surface area contributed by atoms with E-state index in [4.69, 9.17) is 11.6 Å². The highest BCUT2D eigenvalue weighted by Gasteiger charge is 2.29. The Hall–Kier alpha value is -2.24. The Kier molecular flexibility index (Phi) is 3.82. The summed E-state index contributed by atoms with van der Waals surface area (Å²) in [5, 5.41) is 3.76. The smallest absolute Gasteiger partial charge is 0.224 e. The van der Waals surface area contributed by atoms with Crippen molar-refractivity contribution in [3.8, 4) is 11.3 Å². The second kappa shape index (κ2) is 6.00. The molecule has 0 unspecified atom stereocenters. The highest BCUT2D eigenvalue weighted by molar-refractivity contribution is 7.13. The number of carbonyl (C=O) groups is 2. The largest absolute Gasteiger partial charge is 0.325 e. The van der Waals surface area contributed by atoms with Crippen molar-refractivity contribution in [3.05, 3.63) is 47.5 Å². The molecule has 3 aromatic rings. The van der Waals surface area contributed by atoms with Gasteiger partial charge >= 0.3 is 0 Å². The fraction of sp³-hybridized carbons (Fsp3) is 0.167. The molecule has 24 heavy (non-hydrogen) atoms. The molecule has 0 bridgehead atoms. The lowest BCUT2D eigenvalue weighted by Crippen LogP contribution is -2.17. The van der Waals surface area contributed by atoms with Gasteiger partial charge in [-0.05, 0) is 30.1 Å². The predicted molar refractivity (Wildman–Crippen MR) is 97.1 cm³/mol. The Morgan fingerprint density at radius 3 is 2.79 bits per heavy atom. The maximum Gasteiger partial charge on any atom is 0.224 e.